The minimum absolute atomic E-state index is 0.431. The number of benzene rings is 2. The molecule has 0 unspecified atom stereocenters. The van der Waals surface area contributed by atoms with E-state index >= 15 is 0 Å². The van der Waals surface area contributed by atoms with Gasteiger partial charge in [0.2, 0.25) is 0 Å². The highest BCUT2D eigenvalue weighted by Gasteiger charge is 2.13. The number of aromatic amines is 1. The number of aromatic nitrogens is 3. The van der Waals surface area contributed by atoms with Crippen molar-refractivity contribution in [1.29, 1.82) is 0 Å². The van der Waals surface area contributed by atoms with Crippen molar-refractivity contribution in [1.82, 2.24) is 15.1 Å². The summed E-state index contributed by atoms with van der Waals surface area (Å²) in [7, 11) is 1.72. The summed E-state index contributed by atoms with van der Waals surface area (Å²) in [5, 5.41) is 7.51. The highest BCUT2D eigenvalue weighted by molar-refractivity contribution is 7.14. The molecule has 0 amide bonds. The zero-order chi connectivity index (χ0) is 22.3. The predicted molar refractivity (Wildman–Crippen MR) is 128 cm³/mol. The average Bonchev–Trinajstić information content (AvgIpc) is 3.47. The van der Waals surface area contributed by atoms with Crippen LogP contribution in [0.15, 0.2) is 63.2 Å². The van der Waals surface area contributed by atoms with Gasteiger partial charge in [-0.15, -0.1) is 11.3 Å². The number of nitrogens with one attached hydrogen (secondary N) is 1. The molecule has 4 aromatic rings. The third-order valence-corrected chi connectivity index (χ3v) is 6.17. The molecule has 4 rings (SSSR count). The molecule has 32 heavy (non-hydrogen) atoms. The average molecular weight is 471 g/mol. The molecule has 0 fully saturated rings. The van der Waals surface area contributed by atoms with Crippen LogP contribution in [0.2, 0.25) is 5.02 Å². The summed E-state index contributed by atoms with van der Waals surface area (Å²) >= 11 is 7.65. The molecule has 0 saturated heterocycles. The molecule has 7 nitrogen and oxygen atoms in total. The van der Waals surface area contributed by atoms with Gasteiger partial charge in [-0.05, 0) is 30.5 Å². The monoisotopic (exact) mass is 470 g/mol. The maximum Gasteiger partial charge on any atom is 0.439 e. The Morgan fingerprint density at radius 2 is 1.84 bits per heavy atom. The number of thiazole rings is 1. The van der Waals surface area contributed by atoms with Crippen molar-refractivity contribution in [2.75, 3.05) is 31.7 Å². The van der Waals surface area contributed by atoms with Gasteiger partial charge in [0, 0.05) is 48.3 Å². The predicted octanol–water partition coefficient (Wildman–Crippen LogP) is 4.89. The van der Waals surface area contributed by atoms with Crippen molar-refractivity contribution >= 4 is 28.1 Å². The van der Waals surface area contributed by atoms with Gasteiger partial charge in [0.25, 0.3) is 0 Å². The topological polar surface area (TPSA) is 84.2 Å². The summed E-state index contributed by atoms with van der Waals surface area (Å²) in [5.74, 6) is -0.127. The minimum Gasteiger partial charge on any atom is -0.385 e. The van der Waals surface area contributed by atoms with Crippen LogP contribution in [-0.4, -0.2) is 41.9 Å². The van der Waals surface area contributed by atoms with E-state index in [9.17, 15) is 4.79 Å². The van der Waals surface area contributed by atoms with Gasteiger partial charge >= 0.3 is 5.76 Å². The molecule has 0 saturated carbocycles. The summed E-state index contributed by atoms with van der Waals surface area (Å²) in [4.78, 5) is 20.9. The Morgan fingerprint density at radius 3 is 2.53 bits per heavy atom. The van der Waals surface area contributed by atoms with Crippen LogP contribution >= 0.6 is 22.9 Å². The highest BCUT2D eigenvalue weighted by atomic mass is 35.5. The molecule has 166 valence electrons. The van der Waals surface area contributed by atoms with Crippen LogP contribution in [-0.2, 0) is 11.2 Å². The third kappa shape index (κ3) is 5.64. The number of anilines is 1. The number of halogens is 1. The zero-order valence-corrected chi connectivity index (χ0v) is 19.2. The molecule has 0 atom stereocenters. The number of hydrogen-bond acceptors (Lipinski definition) is 7. The van der Waals surface area contributed by atoms with E-state index < -0.39 is 5.76 Å². The maximum atomic E-state index is 11.1. The molecule has 0 aliphatic carbocycles. The molecule has 2 aromatic heterocycles. The quantitative estimate of drug-likeness (QED) is 0.332. The SMILES string of the molecule is COCCCN(CCc1ccc(-c2noc(=O)[nH]2)cc1)c1nc(-c2ccc(Cl)cc2)cs1. The lowest BCUT2D eigenvalue weighted by atomic mass is 10.1. The number of methoxy groups -OCH3 is 1. The second-order valence-electron chi connectivity index (χ2n) is 7.25. The van der Waals surface area contributed by atoms with Crippen molar-refractivity contribution in [3.05, 3.63) is 75.0 Å². The Hall–Kier alpha value is -2.94. The van der Waals surface area contributed by atoms with Gasteiger partial charge in [-0.3, -0.25) is 9.51 Å². The van der Waals surface area contributed by atoms with Crippen molar-refractivity contribution in [2.24, 2.45) is 0 Å². The first kappa shape index (κ1) is 22.3. The van der Waals surface area contributed by atoms with E-state index in [2.05, 4.69) is 24.9 Å². The molecule has 0 aliphatic heterocycles. The van der Waals surface area contributed by atoms with E-state index in [1.807, 2.05) is 48.5 Å². The molecule has 0 radical (unpaired) electrons. The Morgan fingerprint density at radius 1 is 1.09 bits per heavy atom. The van der Waals surface area contributed by atoms with Gasteiger partial charge in [-0.25, -0.2) is 9.78 Å². The van der Waals surface area contributed by atoms with E-state index in [0.29, 0.717) is 17.5 Å². The van der Waals surface area contributed by atoms with Crippen molar-refractivity contribution in [3.63, 3.8) is 0 Å². The fourth-order valence-electron chi connectivity index (χ4n) is 3.31. The lowest BCUT2D eigenvalue weighted by Crippen LogP contribution is -2.27. The summed E-state index contributed by atoms with van der Waals surface area (Å²) in [6, 6.07) is 15.7. The van der Waals surface area contributed by atoms with E-state index in [1.54, 1.807) is 18.4 Å². The largest absolute Gasteiger partial charge is 0.439 e. The smallest absolute Gasteiger partial charge is 0.385 e. The van der Waals surface area contributed by atoms with Crippen molar-refractivity contribution in [3.8, 4) is 22.6 Å². The molecule has 0 bridgehead atoms. The first-order valence-electron chi connectivity index (χ1n) is 10.2. The van der Waals surface area contributed by atoms with Crippen LogP contribution in [0.5, 0.6) is 0 Å². The Labute approximate surface area is 194 Å². The van der Waals surface area contributed by atoms with Gasteiger partial charge in [0.1, 0.15) is 0 Å². The van der Waals surface area contributed by atoms with E-state index in [0.717, 1.165) is 47.9 Å². The van der Waals surface area contributed by atoms with E-state index in [-0.39, 0.29) is 0 Å². The molecule has 0 spiro atoms. The van der Waals surface area contributed by atoms with Crippen LogP contribution in [0.3, 0.4) is 0 Å². The third-order valence-electron chi connectivity index (χ3n) is 5.02. The Balaban J connectivity index is 1.45. The van der Waals surface area contributed by atoms with Crippen LogP contribution < -0.4 is 10.7 Å². The molecular weight excluding hydrogens is 448 g/mol. The number of ether oxygens (including phenoxy) is 1. The first-order chi connectivity index (χ1) is 15.6. The normalized spacial score (nSPS) is 11.1. The second-order valence-corrected chi connectivity index (χ2v) is 8.52. The summed E-state index contributed by atoms with van der Waals surface area (Å²) < 4.78 is 9.81. The lowest BCUT2D eigenvalue weighted by molar-refractivity contribution is 0.196. The van der Waals surface area contributed by atoms with Crippen LogP contribution in [0.1, 0.15) is 12.0 Å². The molecule has 0 aliphatic rings. The summed E-state index contributed by atoms with van der Waals surface area (Å²) in [6.45, 7) is 2.40. The van der Waals surface area contributed by atoms with E-state index in [4.69, 9.17) is 21.3 Å². The molecule has 2 aromatic carbocycles. The number of nitrogens with zero attached hydrogens (tertiary/aromatic N) is 3. The van der Waals surface area contributed by atoms with Crippen LogP contribution in [0, 0.1) is 0 Å². The van der Waals surface area contributed by atoms with Gasteiger partial charge in [0.15, 0.2) is 11.0 Å². The van der Waals surface area contributed by atoms with Crippen molar-refractivity contribution in [2.45, 2.75) is 12.8 Å². The molecule has 1 N–H and O–H groups in total. The van der Waals surface area contributed by atoms with Crippen LogP contribution in [0.4, 0.5) is 5.13 Å². The van der Waals surface area contributed by atoms with E-state index in [1.165, 1.54) is 5.56 Å². The van der Waals surface area contributed by atoms with Crippen LogP contribution in [0.25, 0.3) is 22.6 Å². The van der Waals surface area contributed by atoms with Crippen molar-refractivity contribution < 1.29 is 9.26 Å². The lowest BCUT2D eigenvalue weighted by Gasteiger charge is -2.22. The summed E-state index contributed by atoms with van der Waals surface area (Å²) in [6.07, 6.45) is 1.78. The second kappa shape index (κ2) is 10.6. The number of rotatable bonds is 10. The molecular formula is C23H23ClN4O3S. The van der Waals surface area contributed by atoms with Gasteiger partial charge in [-0.1, -0.05) is 53.2 Å². The maximum absolute atomic E-state index is 11.1. The van der Waals surface area contributed by atoms with Gasteiger partial charge in [-0.2, -0.15) is 0 Å². The summed E-state index contributed by atoms with van der Waals surface area (Å²) in [5.41, 5.74) is 3.99. The Kier molecular flexibility index (Phi) is 7.36. The van der Waals surface area contributed by atoms with Gasteiger partial charge < -0.3 is 9.64 Å². The number of H-pyrrole nitrogens is 1. The zero-order valence-electron chi connectivity index (χ0n) is 17.6. The van der Waals surface area contributed by atoms with Gasteiger partial charge in [0.05, 0.1) is 5.69 Å². The molecule has 2 heterocycles. The number of hydrogen-bond donors (Lipinski definition) is 1. The minimum atomic E-state index is -0.558. The first-order valence-corrected chi connectivity index (χ1v) is 11.5. The molecule has 9 heteroatoms. The fraction of sp³-hybridized carbons (Fsp3) is 0.261. The Bertz CT molecular complexity index is 1180. The standard InChI is InChI=1S/C23H23ClN4O3S/c1-30-14-2-12-28(22-25-20(15-32-22)17-7-9-19(24)10-8-17)13-11-16-3-5-18(6-4-16)21-26-23(29)31-27-21/h3-10,15H,2,11-14H2,1H3,(H,26,27,29). The fourth-order valence-corrected chi connectivity index (χ4v) is 4.33. The highest BCUT2D eigenvalue weighted by Crippen LogP contribution is 2.28.